The van der Waals surface area contributed by atoms with Crippen LogP contribution in [0.4, 0.5) is 11.9 Å². The van der Waals surface area contributed by atoms with Gasteiger partial charge in [-0.05, 0) is 18.0 Å². The Balaban J connectivity index is 2.65. The lowest BCUT2D eigenvalue weighted by Crippen LogP contribution is -2.17. The zero-order chi connectivity index (χ0) is 12.7. The van der Waals surface area contributed by atoms with E-state index in [2.05, 4.69) is 30.3 Å². The summed E-state index contributed by atoms with van der Waals surface area (Å²) in [6.45, 7) is 2.73. The number of hydrogen-bond acceptors (Lipinski definition) is 7. The number of aromatic nitrogens is 3. The maximum atomic E-state index is 10.9. The van der Waals surface area contributed by atoms with Crippen LogP contribution in [0.2, 0.25) is 5.28 Å². The molecule has 0 bridgehead atoms. The van der Waals surface area contributed by atoms with E-state index in [9.17, 15) is 4.79 Å². The first kappa shape index (κ1) is 13.4. The Hall–Kier alpha value is -1.63. The van der Waals surface area contributed by atoms with Crippen molar-refractivity contribution in [3.8, 4) is 0 Å². The van der Waals surface area contributed by atoms with Crippen LogP contribution < -0.4 is 10.6 Å². The van der Waals surface area contributed by atoms with E-state index >= 15 is 0 Å². The molecule has 7 nitrogen and oxygen atoms in total. The Kier molecular flexibility index (Phi) is 5.41. The average molecular weight is 260 g/mol. The molecular formula is C9H14ClN5O2. The Labute approximate surface area is 104 Å². The molecule has 0 aliphatic rings. The zero-order valence-corrected chi connectivity index (χ0v) is 10.4. The number of methoxy groups -OCH3 is 1. The molecule has 0 saturated carbocycles. The van der Waals surface area contributed by atoms with Gasteiger partial charge in [0.25, 0.3) is 0 Å². The van der Waals surface area contributed by atoms with Gasteiger partial charge in [-0.2, -0.15) is 15.0 Å². The van der Waals surface area contributed by atoms with Crippen LogP contribution in [0.5, 0.6) is 0 Å². The molecule has 0 saturated heterocycles. The third kappa shape index (κ3) is 4.81. The number of ether oxygens (including phenoxy) is 1. The third-order valence-electron chi connectivity index (χ3n) is 1.76. The Morgan fingerprint density at radius 1 is 1.29 bits per heavy atom. The molecule has 0 unspecified atom stereocenters. The molecule has 1 heterocycles. The summed E-state index contributed by atoms with van der Waals surface area (Å²) < 4.78 is 4.48. The average Bonchev–Trinajstić information content (AvgIpc) is 2.32. The van der Waals surface area contributed by atoms with E-state index in [1.807, 2.05) is 6.92 Å². The first-order valence-corrected chi connectivity index (χ1v) is 5.49. The van der Waals surface area contributed by atoms with Crippen LogP contribution in [0, 0.1) is 0 Å². The second kappa shape index (κ2) is 6.85. The van der Waals surface area contributed by atoms with E-state index in [-0.39, 0.29) is 17.8 Å². The monoisotopic (exact) mass is 259 g/mol. The molecule has 17 heavy (non-hydrogen) atoms. The van der Waals surface area contributed by atoms with Crippen LogP contribution in [0.25, 0.3) is 0 Å². The van der Waals surface area contributed by atoms with Gasteiger partial charge in [0, 0.05) is 6.54 Å². The fourth-order valence-corrected chi connectivity index (χ4v) is 1.13. The minimum Gasteiger partial charge on any atom is -0.468 e. The molecule has 0 fully saturated rings. The fraction of sp³-hybridized carbons (Fsp3) is 0.556. The van der Waals surface area contributed by atoms with Crippen LogP contribution in [0.3, 0.4) is 0 Å². The van der Waals surface area contributed by atoms with Crippen molar-refractivity contribution in [2.75, 3.05) is 30.8 Å². The SMILES string of the molecule is CCCNc1nc(Cl)nc(NCC(=O)OC)n1. The van der Waals surface area contributed by atoms with E-state index < -0.39 is 5.97 Å². The van der Waals surface area contributed by atoms with Crippen molar-refractivity contribution in [2.45, 2.75) is 13.3 Å². The van der Waals surface area contributed by atoms with Crippen molar-refractivity contribution in [2.24, 2.45) is 0 Å². The first-order chi connectivity index (χ1) is 8.15. The van der Waals surface area contributed by atoms with Gasteiger partial charge in [-0.25, -0.2) is 0 Å². The van der Waals surface area contributed by atoms with Gasteiger partial charge in [-0.1, -0.05) is 6.92 Å². The molecule has 0 amide bonds. The number of halogens is 1. The number of esters is 1. The predicted octanol–water partition coefficient (Wildman–Crippen LogP) is 0.932. The van der Waals surface area contributed by atoms with Crippen molar-refractivity contribution in [1.29, 1.82) is 0 Å². The third-order valence-corrected chi connectivity index (χ3v) is 1.93. The number of nitrogens with one attached hydrogen (secondary N) is 2. The molecule has 1 rings (SSSR count). The number of nitrogens with zero attached hydrogens (tertiary/aromatic N) is 3. The highest BCUT2D eigenvalue weighted by Crippen LogP contribution is 2.09. The van der Waals surface area contributed by atoms with E-state index in [0.717, 1.165) is 13.0 Å². The lowest BCUT2D eigenvalue weighted by molar-refractivity contribution is -0.138. The zero-order valence-electron chi connectivity index (χ0n) is 9.66. The van der Waals surface area contributed by atoms with Crippen molar-refractivity contribution >= 4 is 29.5 Å². The van der Waals surface area contributed by atoms with Crippen LogP contribution in [-0.2, 0) is 9.53 Å². The highest BCUT2D eigenvalue weighted by molar-refractivity contribution is 6.28. The summed E-state index contributed by atoms with van der Waals surface area (Å²) in [6.07, 6.45) is 0.939. The topological polar surface area (TPSA) is 89.0 Å². The van der Waals surface area contributed by atoms with E-state index in [0.29, 0.717) is 5.95 Å². The summed E-state index contributed by atoms with van der Waals surface area (Å²) >= 11 is 5.72. The molecule has 94 valence electrons. The summed E-state index contributed by atoms with van der Waals surface area (Å²) in [5.74, 6) is 0.192. The summed E-state index contributed by atoms with van der Waals surface area (Å²) in [5, 5.41) is 5.73. The van der Waals surface area contributed by atoms with Gasteiger partial charge in [0.15, 0.2) is 0 Å². The van der Waals surface area contributed by atoms with Crippen LogP contribution in [-0.4, -0.2) is 41.1 Å². The van der Waals surface area contributed by atoms with Crippen molar-refractivity contribution < 1.29 is 9.53 Å². The summed E-state index contributed by atoms with van der Waals surface area (Å²) in [5.41, 5.74) is 0. The summed E-state index contributed by atoms with van der Waals surface area (Å²) in [7, 11) is 1.30. The van der Waals surface area contributed by atoms with Crippen LogP contribution in [0.1, 0.15) is 13.3 Å². The van der Waals surface area contributed by atoms with Crippen molar-refractivity contribution in [3.05, 3.63) is 5.28 Å². The van der Waals surface area contributed by atoms with Gasteiger partial charge in [0.05, 0.1) is 7.11 Å². The molecule has 0 radical (unpaired) electrons. The predicted molar refractivity (Wildman–Crippen MR) is 64.1 cm³/mol. The largest absolute Gasteiger partial charge is 0.468 e. The molecule has 2 N–H and O–H groups in total. The maximum Gasteiger partial charge on any atom is 0.325 e. The number of hydrogen-bond donors (Lipinski definition) is 2. The number of carbonyl (C=O) groups excluding carboxylic acids is 1. The number of anilines is 2. The van der Waals surface area contributed by atoms with E-state index in [1.54, 1.807) is 0 Å². The lowest BCUT2D eigenvalue weighted by Gasteiger charge is -2.06. The fourth-order valence-electron chi connectivity index (χ4n) is 0.968. The summed E-state index contributed by atoms with van der Waals surface area (Å²) in [4.78, 5) is 22.7. The molecule has 0 spiro atoms. The molecule has 0 atom stereocenters. The maximum absolute atomic E-state index is 10.9. The van der Waals surface area contributed by atoms with E-state index in [4.69, 9.17) is 11.6 Å². The molecule has 1 aromatic rings. The standard InChI is InChI=1S/C9H14ClN5O2/c1-3-4-11-8-13-7(10)14-9(15-8)12-5-6(16)17-2/h3-5H2,1-2H3,(H2,11,12,13,14,15). The lowest BCUT2D eigenvalue weighted by atomic mass is 10.5. The summed E-state index contributed by atoms with van der Waals surface area (Å²) in [6, 6.07) is 0. The highest BCUT2D eigenvalue weighted by Gasteiger charge is 2.06. The van der Waals surface area contributed by atoms with Crippen molar-refractivity contribution in [3.63, 3.8) is 0 Å². The van der Waals surface area contributed by atoms with E-state index in [1.165, 1.54) is 7.11 Å². The highest BCUT2D eigenvalue weighted by atomic mass is 35.5. The van der Waals surface area contributed by atoms with Crippen molar-refractivity contribution in [1.82, 2.24) is 15.0 Å². The second-order valence-electron chi connectivity index (χ2n) is 3.11. The Bertz CT molecular complexity index is 388. The second-order valence-corrected chi connectivity index (χ2v) is 3.45. The molecule has 1 aromatic heterocycles. The number of carbonyl (C=O) groups is 1. The van der Waals surface area contributed by atoms with Crippen LogP contribution >= 0.6 is 11.6 Å². The quantitative estimate of drug-likeness (QED) is 0.735. The van der Waals surface area contributed by atoms with Gasteiger partial charge >= 0.3 is 5.97 Å². The minimum atomic E-state index is -0.412. The molecule has 8 heteroatoms. The molecule has 0 aromatic carbocycles. The smallest absolute Gasteiger partial charge is 0.325 e. The Morgan fingerprint density at radius 3 is 2.53 bits per heavy atom. The first-order valence-electron chi connectivity index (χ1n) is 5.11. The molecule has 0 aliphatic carbocycles. The van der Waals surface area contributed by atoms with Gasteiger partial charge in [-0.3, -0.25) is 4.79 Å². The normalized spacial score (nSPS) is 9.82. The van der Waals surface area contributed by atoms with Gasteiger partial charge in [0.1, 0.15) is 6.54 Å². The molecular weight excluding hydrogens is 246 g/mol. The van der Waals surface area contributed by atoms with Gasteiger partial charge < -0.3 is 15.4 Å². The van der Waals surface area contributed by atoms with Gasteiger partial charge in [-0.15, -0.1) is 0 Å². The van der Waals surface area contributed by atoms with Crippen LogP contribution in [0.15, 0.2) is 0 Å². The Morgan fingerprint density at radius 2 is 1.94 bits per heavy atom. The van der Waals surface area contributed by atoms with Gasteiger partial charge in [0.2, 0.25) is 17.2 Å². The molecule has 0 aliphatic heterocycles. The minimum absolute atomic E-state index is 0.0238. The number of rotatable bonds is 6.